The van der Waals surface area contributed by atoms with Gasteiger partial charge in [-0.3, -0.25) is 0 Å². The van der Waals surface area contributed by atoms with Gasteiger partial charge in [0.25, 0.3) is 0 Å². The van der Waals surface area contributed by atoms with Crippen LogP contribution in [0.5, 0.6) is 0 Å². The standard InChI is InChI=1S/C13H14Cl2N2O/c1-7(2)3-11-12(18-17-13(11)16)8-4-9(14)6-10(15)5-8/h4-7H,3H2,1-2H3,(H2,16,17). The fourth-order valence-corrected chi connectivity index (χ4v) is 2.36. The number of hydrogen-bond donors (Lipinski definition) is 1. The van der Waals surface area contributed by atoms with Crippen molar-refractivity contribution in [1.29, 1.82) is 0 Å². The number of aromatic nitrogens is 1. The fraction of sp³-hybridized carbons (Fsp3) is 0.308. The zero-order valence-electron chi connectivity index (χ0n) is 10.2. The summed E-state index contributed by atoms with van der Waals surface area (Å²) in [4.78, 5) is 0. The van der Waals surface area contributed by atoms with E-state index in [0.717, 1.165) is 17.5 Å². The number of hydrogen-bond acceptors (Lipinski definition) is 3. The summed E-state index contributed by atoms with van der Waals surface area (Å²) in [6, 6.07) is 5.25. The molecule has 0 aliphatic carbocycles. The van der Waals surface area contributed by atoms with E-state index in [4.69, 9.17) is 33.5 Å². The number of nitrogens with zero attached hydrogens (tertiary/aromatic N) is 1. The SMILES string of the molecule is CC(C)Cc1c(N)noc1-c1cc(Cl)cc(Cl)c1. The second kappa shape index (κ2) is 5.21. The summed E-state index contributed by atoms with van der Waals surface area (Å²) in [6.07, 6.45) is 0.800. The lowest BCUT2D eigenvalue weighted by molar-refractivity contribution is 0.434. The van der Waals surface area contributed by atoms with Gasteiger partial charge in [-0.1, -0.05) is 42.2 Å². The Kier molecular flexibility index (Phi) is 3.83. The Morgan fingerprint density at radius 1 is 1.22 bits per heavy atom. The minimum atomic E-state index is 0.426. The van der Waals surface area contributed by atoms with Crippen molar-refractivity contribution in [2.45, 2.75) is 20.3 Å². The van der Waals surface area contributed by atoms with Crippen LogP contribution in [-0.4, -0.2) is 5.16 Å². The average Bonchev–Trinajstić information content (AvgIpc) is 2.58. The van der Waals surface area contributed by atoms with Gasteiger partial charge in [-0.2, -0.15) is 0 Å². The summed E-state index contributed by atoms with van der Waals surface area (Å²) in [5.41, 5.74) is 7.54. The molecule has 1 aromatic heterocycles. The van der Waals surface area contributed by atoms with E-state index in [1.165, 1.54) is 0 Å². The third-order valence-corrected chi connectivity index (χ3v) is 2.99. The van der Waals surface area contributed by atoms with Gasteiger partial charge in [0, 0.05) is 21.2 Å². The number of rotatable bonds is 3. The van der Waals surface area contributed by atoms with Crippen molar-refractivity contribution < 1.29 is 4.52 Å². The number of benzene rings is 1. The van der Waals surface area contributed by atoms with Gasteiger partial charge in [0.1, 0.15) is 0 Å². The first-order valence-corrected chi connectivity index (χ1v) is 6.43. The van der Waals surface area contributed by atoms with E-state index in [9.17, 15) is 0 Å². The average molecular weight is 285 g/mol. The molecule has 0 fully saturated rings. The van der Waals surface area contributed by atoms with Crippen LogP contribution in [0, 0.1) is 5.92 Å². The van der Waals surface area contributed by atoms with Gasteiger partial charge in [-0.15, -0.1) is 0 Å². The molecule has 3 nitrogen and oxygen atoms in total. The van der Waals surface area contributed by atoms with Crippen molar-refractivity contribution in [1.82, 2.24) is 5.16 Å². The highest BCUT2D eigenvalue weighted by Crippen LogP contribution is 2.33. The molecule has 0 aliphatic heterocycles. The van der Waals surface area contributed by atoms with Crippen LogP contribution in [0.25, 0.3) is 11.3 Å². The van der Waals surface area contributed by atoms with Gasteiger partial charge >= 0.3 is 0 Å². The number of nitrogen functional groups attached to an aromatic ring is 1. The molecule has 2 rings (SSSR count). The largest absolute Gasteiger partial charge is 0.381 e. The molecule has 2 N–H and O–H groups in total. The monoisotopic (exact) mass is 284 g/mol. The molecule has 5 heteroatoms. The van der Waals surface area contributed by atoms with Crippen LogP contribution in [0.1, 0.15) is 19.4 Å². The highest BCUT2D eigenvalue weighted by Gasteiger charge is 2.17. The second-order valence-electron chi connectivity index (χ2n) is 4.63. The van der Waals surface area contributed by atoms with Gasteiger partial charge < -0.3 is 10.3 Å². The Labute approximate surface area is 116 Å². The molecule has 0 saturated carbocycles. The van der Waals surface area contributed by atoms with Gasteiger partial charge in [0.15, 0.2) is 11.6 Å². The lowest BCUT2D eigenvalue weighted by Crippen LogP contribution is -1.99. The molecule has 0 unspecified atom stereocenters. The summed E-state index contributed by atoms with van der Waals surface area (Å²) in [6.45, 7) is 4.22. The molecule has 0 aliphatic rings. The quantitative estimate of drug-likeness (QED) is 0.907. The maximum absolute atomic E-state index is 5.99. The lowest BCUT2D eigenvalue weighted by Gasteiger charge is -2.06. The summed E-state index contributed by atoms with van der Waals surface area (Å²) in [5, 5.41) is 4.94. The smallest absolute Gasteiger partial charge is 0.172 e. The van der Waals surface area contributed by atoms with Crippen LogP contribution >= 0.6 is 23.2 Å². The van der Waals surface area contributed by atoms with E-state index in [2.05, 4.69) is 19.0 Å². The Hall–Kier alpha value is -1.19. The molecule has 0 radical (unpaired) electrons. The third-order valence-electron chi connectivity index (χ3n) is 2.56. The fourth-order valence-electron chi connectivity index (χ4n) is 1.84. The minimum Gasteiger partial charge on any atom is -0.381 e. The molecule has 0 amide bonds. The normalized spacial score (nSPS) is 11.2. The second-order valence-corrected chi connectivity index (χ2v) is 5.50. The third kappa shape index (κ3) is 2.79. The number of nitrogens with two attached hydrogens (primary N) is 1. The first kappa shape index (κ1) is 13.2. The van der Waals surface area contributed by atoms with Crippen LogP contribution in [0.4, 0.5) is 5.82 Å². The predicted octanol–water partition coefficient (Wildman–Crippen LogP) is 4.43. The van der Waals surface area contributed by atoms with Gasteiger partial charge in [0.05, 0.1) is 0 Å². The molecule has 0 spiro atoms. The highest BCUT2D eigenvalue weighted by atomic mass is 35.5. The van der Waals surface area contributed by atoms with Crippen LogP contribution in [0.15, 0.2) is 22.7 Å². The minimum absolute atomic E-state index is 0.426. The van der Waals surface area contributed by atoms with E-state index < -0.39 is 0 Å². The summed E-state index contributed by atoms with van der Waals surface area (Å²) in [7, 11) is 0. The first-order valence-electron chi connectivity index (χ1n) is 5.68. The molecular formula is C13H14Cl2N2O. The summed E-state index contributed by atoms with van der Waals surface area (Å²) in [5.74, 6) is 1.53. The van der Waals surface area contributed by atoms with Crippen molar-refractivity contribution in [3.8, 4) is 11.3 Å². The van der Waals surface area contributed by atoms with Gasteiger partial charge in [0.2, 0.25) is 0 Å². The zero-order chi connectivity index (χ0) is 13.3. The summed E-state index contributed by atoms with van der Waals surface area (Å²) >= 11 is 12.0. The van der Waals surface area contributed by atoms with Crippen molar-refractivity contribution in [3.05, 3.63) is 33.8 Å². The van der Waals surface area contributed by atoms with E-state index in [-0.39, 0.29) is 0 Å². The molecule has 96 valence electrons. The topological polar surface area (TPSA) is 52.0 Å². The van der Waals surface area contributed by atoms with Crippen LogP contribution < -0.4 is 5.73 Å². The highest BCUT2D eigenvalue weighted by molar-refractivity contribution is 6.35. The first-order chi connectivity index (χ1) is 8.47. The molecular weight excluding hydrogens is 271 g/mol. The van der Waals surface area contributed by atoms with Crippen LogP contribution in [0.2, 0.25) is 10.0 Å². The van der Waals surface area contributed by atoms with Crippen molar-refractivity contribution in [3.63, 3.8) is 0 Å². The molecule has 0 saturated heterocycles. The van der Waals surface area contributed by atoms with E-state index in [1.807, 2.05) is 0 Å². The van der Waals surface area contributed by atoms with E-state index in [0.29, 0.717) is 27.5 Å². The maximum atomic E-state index is 5.99. The molecule has 2 aromatic rings. The summed E-state index contributed by atoms with van der Waals surface area (Å²) < 4.78 is 5.30. The van der Waals surface area contributed by atoms with Gasteiger partial charge in [-0.25, -0.2) is 0 Å². The molecule has 0 bridgehead atoms. The Morgan fingerprint density at radius 2 is 1.83 bits per heavy atom. The van der Waals surface area contributed by atoms with Crippen molar-refractivity contribution >= 4 is 29.0 Å². The molecule has 18 heavy (non-hydrogen) atoms. The molecule has 0 atom stereocenters. The van der Waals surface area contributed by atoms with Crippen LogP contribution in [-0.2, 0) is 6.42 Å². The lowest BCUT2D eigenvalue weighted by atomic mass is 10.00. The van der Waals surface area contributed by atoms with Crippen molar-refractivity contribution in [2.24, 2.45) is 5.92 Å². The Balaban J connectivity index is 2.50. The molecule has 1 heterocycles. The zero-order valence-corrected chi connectivity index (χ0v) is 11.7. The van der Waals surface area contributed by atoms with Crippen LogP contribution in [0.3, 0.4) is 0 Å². The molecule has 1 aromatic carbocycles. The Morgan fingerprint density at radius 3 is 2.39 bits per heavy atom. The Bertz CT molecular complexity index is 544. The number of halogens is 2. The van der Waals surface area contributed by atoms with E-state index >= 15 is 0 Å². The maximum Gasteiger partial charge on any atom is 0.172 e. The predicted molar refractivity (Wildman–Crippen MR) is 74.9 cm³/mol. The van der Waals surface area contributed by atoms with Gasteiger partial charge in [-0.05, 0) is 30.5 Å². The van der Waals surface area contributed by atoms with E-state index in [1.54, 1.807) is 18.2 Å². The van der Waals surface area contributed by atoms with Crippen molar-refractivity contribution in [2.75, 3.05) is 5.73 Å². The number of anilines is 1.